The number of rotatable bonds is 11. The summed E-state index contributed by atoms with van der Waals surface area (Å²) in [5.74, 6) is -1.71. The van der Waals surface area contributed by atoms with Crippen LogP contribution in [-0.4, -0.2) is 62.6 Å². The fourth-order valence-corrected chi connectivity index (χ4v) is 4.12. The molecule has 1 N–H and O–H groups in total. The number of hydrogen-bond donors (Lipinski definition) is 1. The molecule has 2 aromatic carbocycles. The lowest BCUT2D eigenvalue weighted by molar-refractivity contribution is -0.384. The van der Waals surface area contributed by atoms with Crippen molar-refractivity contribution >= 4 is 33.2 Å². The Morgan fingerprint density at radius 1 is 1.20 bits per heavy atom. The molecule has 1 atom stereocenters. The molecule has 2 aromatic rings. The predicted octanol–water partition coefficient (Wildman–Crippen LogP) is 2.06. The molecule has 0 aliphatic heterocycles. The van der Waals surface area contributed by atoms with Crippen molar-refractivity contribution in [2.24, 2.45) is 0 Å². The summed E-state index contributed by atoms with van der Waals surface area (Å²) in [7, 11) is -2.87. The van der Waals surface area contributed by atoms with E-state index in [2.05, 4.69) is 5.32 Å². The summed E-state index contributed by atoms with van der Waals surface area (Å²) >= 11 is 0. The minimum absolute atomic E-state index is 0.00400. The number of amides is 2. The Morgan fingerprint density at radius 3 is 2.34 bits per heavy atom. The number of halogens is 1. The van der Waals surface area contributed by atoms with Gasteiger partial charge in [-0.3, -0.25) is 24.0 Å². The molecule has 190 valence electrons. The first-order valence-electron chi connectivity index (χ1n) is 10.5. The molecule has 0 aliphatic rings. The molecule has 0 fully saturated rings. The van der Waals surface area contributed by atoms with Crippen LogP contribution in [0.25, 0.3) is 0 Å². The zero-order valence-corrected chi connectivity index (χ0v) is 20.5. The van der Waals surface area contributed by atoms with E-state index in [-0.39, 0.29) is 18.0 Å². The molecule has 0 bridgehead atoms. The van der Waals surface area contributed by atoms with Crippen LogP contribution in [0, 0.1) is 15.9 Å². The monoisotopic (exact) mass is 510 g/mol. The van der Waals surface area contributed by atoms with Crippen molar-refractivity contribution in [2.75, 3.05) is 30.8 Å². The van der Waals surface area contributed by atoms with Gasteiger partial charge in [-0.2, -0.15) is 0 Å². The van der Waals surface area contributed by atoms with Gasteiger partial charge in [0.1, 0.15) is 29.8 Å². The van der Waals surface area contributed by atoms with Crippen molar-refractivity contribution < 1.29 is 32.1 Å². The number of hydrogen-bond acceptors (Lipinski definition) is 7. The van der Waals surface area contributed by atoms with Crippen molar-refractivity contribution in [3.8, 4) is 5.75 Å². The van der Waals surface area contributed by atoms with E-state index in [4.69, 9.17) is 4.74 Å². The van der Waals surface area contributed by atoms with Crippen LogP contribution in [0.5, 0.6) is 5.75 Å². The van der Waals surface area contributed by atoms with Crippen LogP contribution >= 0.6 is 0 Å². The van der Waals surface area contributed by atoms with E-state index in [1.54, 1.807) is 6.92 Å². The lowest BCUT2D eigenvalue weighted by Gasteiger charge is -2.31. The summed E-state index contributed by atoms with van der Waals surface area (Å²) in [5, 5.41) is 13.9. The van der Waals surface area contributed by atoms with Crippen LogP contribution in [0.15, 0.2) is 42.5 Å². The summed E-state index contributed by atoms with van der Waals surface area (Å²) in [6, 6.07) is 7.64. The number of ether oxygens (including phenoxy) is 1. The van der Waals surface area contributed by atoms with Crippen molar-refractivity contribution in [1.82, 2.24) is 10.2 Å². The third-order valence-corrected chi connectivity index (χ3v) is 6.23. The van der Waals surface area contributed by atoms with E-state index in [9.17, 15) is 32.5 Å². The van der Waals surface area contributed by atoms with Crippen LogP contribution in [0.3, 0.4) is 0 Å². The van der Waals surface area contributed by atoms with Gasteiger partial charge in [-0.1, -0.05) is 12.1 Å². The quantitative estimate of drug-likeness (QED) is 0.361. The van der Waals surface area contributed by atoms with E-state index in [1.165, 1.54) is 44.4 Å². The fourth-order valence-electron chi connectivity index (χ4n) is 3.27. The molecule has 2 amide bonds. The molecular weight excluding hydrogens is 483 g/mol. The van der Waals surface area contributed by atoms with E-state index in [1.807, 2.05) is 0 Å². The largest absolute Gasteiger partial charge is 0.495 e. The van der Waals surface area contributed by atoms with Gasteiger partial charge in [-0.25, -0.2) is 12.8 Å². The Balaban J connectivity index is 2.50. The Morgan fingerprint density at radius 2 is 1.83 bits per heavy atom. The highest BCUT2D eigenvalue weighted by Gasteiger charge is 2.31. The second kappa shape index (κ2) is 11.6. The zero-order valence-electron chi connectivity index (χ0n) is 19.7. The van der Waals surface area contributed by atoms with Crippen LogP contribution in [0.2, 0.25) is 0 Å². The van der Waals surface area contributed by atoms with Gasteiger partial charge in [0.05, 0.1) is 18.3 Å². The van der Waals surface area contributed by atoms with Gasteiger partial charge in [0.25, 0.3) is 5.69 Å². The fraction of sp³-hybridized carbons (Fsp3) is 0.364. The highest BCUT2D eigenvalue weighted by Crippen LogP contribution is 2.33. The maximum Gasteiger partial charge on any atom is 0.271 e. The number of nitrogens with zero attached hydrogens (tertiary/aromatic N) is 3. The van der Waals surface area contributed by atoms with Crippen molar-refractivity contribution in [3.05, 3.63) is 64.0 Å². The molecule has 0 heterocycles. The van der Waals surface area contributed by atoms with Gasteiger partial charge in [-0.15, -0.1) is 0 Å². The molecule has 0 saturated carbocycles. The second-order valence-electron chi connectivity index (χ2n) is 7.60. The number of carbonyl (C=O) groups is 2. The molecule has 0 radical (unpaired) electrons. The molecule has 0 aliphatic carbocycles. The number of benzene rings is 2. The number of nitro groups is 1. The standard InChI is InChI=1S/C22H27FN4O7S/c1-5-24-22(29)15(2)25(13-16-6-8-17(23)9-7-16)21(28)14-26(35(4,32)33)19-12-18(27(30)31)10-11-20(19)34-3/h6-12,15H,5,13-14H2,1-4H3,(H,24,29)/t15-/m0/s1. The number of nitro benzene ring substituents is 1. The van der Waals surface area contributed by atoms with Crippen LogP contribution in [-0.2, 0) is 26.2 Å². The molecule has 35 heavy (non-hydrogen) atoms. The summed E-state index contributed by atoms with van der Waals surface area (Å²) < 4.78 is 44.5. The van der Waals surface area contributed by atoms with Gasteiger partial charge in [0, 0.05) is 25.2 Å². The minimum atomic E-state index is -4.12. The summed E-state index contributed by atoms with van der Waals surface area (Å²) in [5.41, 5.74) is -0.0968. The summed E-state index contributed by atoms with van der Waals surface area (Å²) in [6.45, 7) is 2.62. The van der Waals surface area contributed by atoms with Gasteiger partial charge in [0.15, 0.2) is 0 Å². The number of methoxy groups -OCH3 is 1. The Hall–Kier alpha value is -3.74. The molecule has 0 spiro atoms. The van der Waals surface area contributed by atoms with Gasteiger partial charge >= 0.3 is 0 Å². The lowest BCUT2D eigenvalue weighted by Crippen LogP contribution is -2.51. The predicted molar refractivity (Wildman–Crippen MR) is 127 cm³/mol. The van der Waals surface area contributed by atoms with Crippen molar-refractivity contribution in [1.29, 1.82) is 0 Å². The number of anilines is 1. The highest BCUT2D eigenvalue weighted by molar-refractivity contribution is 7.92. The average molecular weight is 511 g/mol. The molecule has 0 saturated heterocycles. The molecule has 0 unspecified atom stereocenters. The van der Waals surface area contributed by atoms with Crippen molar-refractivity contribution in [3.63, 3.8) is 0 Å². The normalized spacial score (nSPS) is 11.9. The maximum atomic E-state index is 13.4. The molecule has 0 aromatic heterocycles. The van der Waals surface area contributed by atoms with E-state index in [0.717, 1.165) is 23.3 Å². The van der Waals surface area contributed by atoms with Gasteiger partial charge in [0.2, 0.25) is 21.8 Å². The Kier molecular flexibility index (Phi) is 9.12. The number of non-ortho nitro benzene ring substituents is 1. The Labute approximate surface area is 202 Å². The number of likely N-dealkylation sites (N-methyl/N-ethyl adjacent to an activating group) is 1. The summed E-state index contributed by atoms with van der Waals surface area (Å²) in [6.07, 6.45) is 0.843. The smallest absolute Gasteiger partial charge is 0.271 e. The third-order valence-electron chi connectivity index (χ3n) is 5.11. The molecule has 11 nitrogen and oxygen atoms in total. The molecule has 2 rings (SSSR count). The van der Waals surface area contributed by atoms with E-state index in [0.29, 0.717) is 16.4 Å². The van der Waals surface area contributed by atoms with E-state index >= 15 is 0 Å². The highest BCUT2D eigenvalue weighted by atomic mass is 32.2. The zero-order chi connectivity index (χ0) is 26.3. The van der Waals surface area contributed by atoms with Crippen LogP contribution in [0.1, 0.15) is 19.4 Å². The minimum Gasteiger partial charge on any atom is -0.495 e. The first-order valence-corrected chi connectivity index (χ1v) is 12.4. The van der Waals surface area contributed by atoms with Gasteiger partial charge in [-0.05, 0) is 37.6 Å². The first kappa shape index (κ1) is 27.5. The number of carbonyl (C=O) groups excluding carboxylic acids is 2. The van der Waals surface area contributed by atoms with Crippen molar-refractivity contribution in [2.45, 2.75) is 26.4 Å². The number of sulfonamides is 1. The lowest BCUT2D eigenvalue weighted by atomic mass is 10.1. The third kappa shape index (κ3) is 7.12. The molecule has 13 heteroatoms. The topological polar surface area (TPSA) is 139 Å². The van der Waals surface area contributed by atoms with Crippen LogP contribution in [0.4, 0.5) is 15.8 Å². The first-order chi connectivity index (χ1) is 16.4. The Bertz CT molecular complexity index is 1190. The average Bonchev–Trinajstić information content (AvgIpc) is 2.80. The van der Waals surface area contributed by atoms with E-state index < -0.39 is 50.9 Å². The SMILES string of the molecule is CCNC(=O)[C@H](C)N(Cc1ccc(F)cc1)C(=O)CN(c1cc([N+](=O)[O-])ccc1OC)S(C)(=O)=O. The summed E-state index contributed by atoms with van der Waals surface area (Å²) in [4.78, 5) is 37.6. The van der Waals surface area contributed by atoms with Gasteiger partial charge < -0.3 is 15.0 Å². The number of nitrogens with one attached hydrogen (secondary N) is 1. The molecular formula is C22H27FN4O7S. The van der Waals surface area contributed by atoms with Crippen LogP contribution < -0.4 is 14.4 Å². The second-order valence-corrected chi connectivity index (χ2v) is 9.51. The maximum absolute atomic E-state index is 13.4.